The standard InChI is InChI=1S/C22H22O7/c1-25-21(23)15-7-9-16(10-8-15)22(24)29-18-13-28-19-17(12-27-20(18)19)26-11-14-5-3-2-4-6-14/h2-10,17-20H,11-13H2,1H3/t17-,18+,19?,20?/m0/s1. The van der Waals surface area contributed by atoms with Crippen LogP contribution < -0.4 is 0 Å². The van der Waals surface area contributed by atoms with E-state index in [1.54, 1.807) is 0 Å². The molecule has 7 nitrogen and oxygen atoms in total. The summed E-state index contributed by atoms with van der Waals surface area (Å²) in [4.78, 5) is 23.9. The van der Waals surface area contributed by atoms with Gasteiger partial charge in [-0.15, -0.1) is 0 Å². The third kappa shape index (κ3) is 4.32. The Balaban J connectivity index is 1.32. The third-order valence-corrected chi connectivity index (χ3v) is 5.07. The van der Waals surface area contributed by atoms with Crippen LogP contribution in [0.25, 0.3) is 0 Å². The summed E-state index contributed by atoms with van der Waals surface area (Å²) >= 11 is 0. The third-order valence-electron chi connectivity index (χ3n) is 5.07. The molecule has 2 aromatic rings. The Morgan fingerprint density at radius 2 is 1.45 bits per heavy atom. The van der Waals surface area contributed by atoms with Crippen molar-refractivity contribution in [3.8, 4) is 0 Å². The molecule has 2 saturated heterocycles. The zero-order valence-electron chi connectivity index (χ0n) is 16.0. The Bertz CT molecular complexity index is 849. The monoisotopic (exact) mass is 398 g/mol. The van der Waals surface area contributed by atoms with Gasteiger partial charge in [0.25, 0.3) is 0 Å². The van der Waals surface area contributed by atoms with Crippen molar-refractivity contribution < 1.29 is 33.3 Å². The van der Waals surface area contributed by atoms with Crippen molar-refractivity contribution in [3.05, 3.63) is 71.3 Å². The molecule has 29 heavy (non-hydrogen) atoms. The number of carbonyl (C=O) groups is 2. The summed E-state index contributed by atoms with van der Waals surface area (Å²) in [6, 6.07) is 16.0. The van der Waals surface area contributed by atoms with E-state index in [1.165, 1.54) is 31.4 Å². The van der Waals surface area contributed by atoms with Gasteiger partial charge >= 0.3 is 11.9 Å². The van der Waals surface area contributed by atoms with Crippen LogP contribution in [0, 0.1) is 0 Å². The summed E-state index contributed by atoms with van der Waals surface area (Å²) in [5, 5.41) is 0. The van der Waals surface area contributed by atoms with Crippen molar-refractivity contribution in [2.24, 2.45) is 0 Å². The molecule has 2 aliphatic heterocycles. The number of carbonyl (C=O) groups excluding carboxylic acids is 2. The highest BCUT2D eigenvalue weighted by Crippen LogP contribution is 2.31. The predicted molar refractivity (Wildman–Crippen MR) is 101 cm³/mol. The highest BCUT2D eigenvalue weighted by atomic mass is 16.7. The Hall–Kier alpha value is -2.74. The van der Waals surface area contributed by atoms with Crippen molar-refractivity contribution in [1.29, 1.82) is 0 Å². The van der Waals surface area contributed by atoms with E-state index in [4.69, 9.17) is 18.9 Å². The number of hydrogen-bond donors (Lipinski definition) is 0. The number of benzene rings is 2. The topological polar surface area (TPSA) is 80.3 Å². The minimum atomic E-state index is -0.502. The van der Waals surface area contributed by atoms with E-state index in [0.717, 1.165) is 5.56 Å². The van der Waals surface area contributed by atoms with Crippen LogP contribution in [-0.2, 0) is 30.3 Å². The second kappa shape index (κ2) is 8.73. The minimum absolute atomic E-state index is 0.205. The summed E-state index contributed by atoms with van der Waals surface area (Å²) in [6.45, 7) is 1.12. The van der Waals surface area contributed by atoms with Crippen LogP contribution in [-0.4, -0.2) is 56.7 Å². The number of methoxy groups -OCH3 is 1. The van der Waals surface area contributed by atoms with Gasteiger partial charge in [0.2, 0.25) is 0 Å². The zero-order chi connectivity index (χ0) is 20.2. The van der Waals surface area contributed by atoms with Gasteiger partial charge in [0, 0.05) is 0 Å². The first-order valence-electron chi connectivity index (χ1n) is 9.44. The van der Waals surface area contributed by atoms with E-state index in [-0.39, 0.29) is 24.9 Å². The molecule has 2 fully saturated rings. The maximum atomic E-state index is 12.5. The largest absolute Gasteiger partial charge is 0.465 e. The molecule has 2 heterocycles. The molecule has 2 aliphatic rings. The van der Waals surface area contributed by atoms with Gasteiger partial charge in [-0.1, -0.05) is 30.3 Å². The first-order valence-corrected chi connectivity index (χ1v) is 9.44. The quantitative estimate of drug-likeness (QED) is 0.691. The van der Waals surface area contributed by atoms with E-state index in [2.05, 4.69) is 4.74 Å². The van der Waals surface area contributed by atoms with Crippen molar-refractivity contribution >= 4 is 11.9 Å². The summed E-state index contributed by atoms with van der Waals surface area (Å²) in [6.07, 6.45) is -1.33. The highest BCUT2D eigenvalue weighted by molar-refractivity contribution is 5.93. The Morgan fingerprint density at radius 3 is 2.10 bits per heavy atom. The van der Waals surface area contributed by atoms with Gasteiger partial charge in [-0.05, 0) is 29.8 Å². The van der Waals surface area contributed by atoms with Crippen molar-refractivity contribution in [1.82, 2.24) is 0 Å². The lowest BCUT2D eigenvalue weighted by atomic mass is 10.1. The number of esters is 2. The van der Waals surface area contributed by atoms with E-state index in [0.29, 0.717) is 24.3 Å². The molecule has 0 N–H and O–H groups in total. The summed E-state index contributed by atoms with van der Waals surface area (Å²) in [5.41, 5.74) is 1.79. The predicted octanol–water partition coefficient (Wildman–Crippen LogP) is 2.38. The molecule has 0 bridgehead atoms. The molecule has 0 aromatic heterocycles. The van der Waals surface area contributed by atoms with Crippen LogP contribution in [0.5, 0.6) is 0 Å². The Morgan fingerprint density at radius 1 is 0.862 bits per heavy atom. The molecular weight excluding hydrogens is 376 g/mol. The average Bonchev–Trinajstić information content (AvgIpc) is 3.35. The average molecular weight is 398 g/mol. The van der Waals surface area contributed by atoms with Crippen molar-refractivity contribution in [2.75, 3.05) is 20.3 Å². The van der Waals surface area contributed by atoms with Crippen LogP contribution in [0.3, 0.4) is 0 Å². The maximum absolute atomic E-state index is 12.5. The normalized spacial score (nSPS) is 25.4. The maximum Gasteiger partial charge on any atom is 0.338 e. The van der Waals surface area contributed by atoms with Crippen LogP contribution in [0.15, 0.2) is 54.6 Å². The van der Waals surface area contributed by atoms with Crippen LogP contribution >= 0.6 is 0 Å². The van der Waals surface area contributed by atoms with Gasteiger partial charge in [-0.3, -0.25) is 0 Å². The first-order chi connectivity index (χ1) is 14.2. The number of hydrogen-bond acceptors (Lipinski definition) is 7. The molecule has 4 rings (SSSR count). The van der Waals surface area contributed by atoms with Crippen LogP contribution in [0.1, 0.15) is 26.3 Å². The molecule has 0 spiro atoms. The van der Waals surface area contributed by atoms with E-state index >= 15 is 0 Å². The van der Waals surface area contributed by atoms with Crippen molar-refractivity contribution in [2.45, 2.75) is 31.0 Å². The van der Waals surface area contributed by atoms with Gasteiger partial charge in [0.15, 0.2) is 6.10 Å². The SMILES string of the molecule is COC(=O)c1ccc(C(=O)O[C@@H]2COC3C2OC[C@@H]3OCc2ccccc2)cc1. The lowest BCUT2D eigenvalue weighted by Gasteiger charge is -2.17. The molecule has 2 aromatic carbocycles. The molecule has 2 unspecified atom stereocenters. The molecule has 0 saturated carbocycles. The fraction of sp³-hybridized carbons (Fsp3) is 0.364. The molecular formula is C22H22O7. The van der Waals surface area contributed by atoms with Crippen LogP contribution in [0.2, 0.25) is 0 Å². The second-order valence-corrected chi connectivity index (χ2v) is 6.94. The van der Waals surface area contributed by atoms with Gasteiger partial charge < -0.3 is 23.7 Å². The molecule has 0 amide bonds. The Labute approximate surface area is 168 Å². The van der Waals surface area contributed by atoms with Crippen molar-refractivity contribution in [3.63, 3.8) is 0 Å². The summed E-state index contributed by atoms with van der Waals surface area (Å²) in [5.74, 6) is -0.953. The molecule has 7 heteroatoms. The minimum Gasteiger partial charge on any atom is -0.465 e. The van der Waals surface area contributed by atoms with Gasteiger partial charge in [-0.2, -0.15) is 0 Å². The highest BCUT2D eigenvalue weighted by Gasteiger charge is 2.50. The zero-order valence-corrected chi connectivity index (χ0v) is 16.0. The number of ether oxygens (including phenoxy) is 5. The molecule has 0 aliphatic carbocycles. The first kappa shape index (κ1) is 19.6. The molecule has 4 atom stereocenters. The molecule has 0 radical (unpaired) electrons. The van der Waals surface area contributed by atoms with Crippen LogP contribution in [0.4, 0.5) is 0 Å². The second-order valence-electron chi connectivity index (χ2n) is 6.94. The van der Waals surface area contributed by atoms with E-state index < -0.39 is 18.0 Å². The Kier molecular flexibility index (Phi) is 5.89. The van der Waals surface area contributed by atoms with Gasteiger partial charge in [-0.25, -0.2) is 9.59 Å². The summed E-state index contributed by atoms with van der Waals surface area (Å²) < 4.78 is 27.8. The smallest absolute Gasteiger partial charge is 0.338 e. The molecule has 152 valence electrons. The fourth-order valence-corrected chi connectivity index (χ4v) is 3.52. The fourth-order valence-electron chi connectivity index (χ4n) is 3.52. The lowest BCUT2D eigenvalue weighted by Crippen LogP contribution is -2.35. The lowest BCUT2D eigenvalue weighted by molar-refractivity contribution is -0.0471. The van der Waals surface area contributed by atoms with E-state index in [1.807, 2.05) is 30.3 Å². The van der Waals surface area contributed by atoms with E-state index in [9.17, 15) is 9.59 Å². The number of rotatable bonds is 6. The summed E-state index contributed by atoms with van der Waals surface area (Å²) in [7, 11) is 1.31. The van der Waals surface area contributed by atoms with Gasteiger partial charge in [0.05, 0.1) is 38.1 Å². The van der Waals surface area contributed by atoms with Gasteiger partial charge in [0.1, 0.15) is 18.3 Å². The number of fused-ring (bicyclic) bond motifs is 1.